The molecule has 136 valence electrons. The van der Waals surface area contributed by atoms with Crippen molar-refractivity contribution in [1.29, 1.82) is 0 Å². The zero-order valence-electron chi connectivity index (χ0n) is 16.1. The molecule has 0 heterocycles. The number of esters is 1. The molecule has 0 aromatic heterocycles. The Balaban J connectivity index is 2.71. The van der Waals surface area contributed by atoms with Crippen LogP contribution < -0.4 is 0 Å². The molecule has 0 amide bonds. The molecule has 3 nitrogen and oxygen atoms in total. The summed E-state index contributed by atoms with van der Waals surface area (Å²) in [5.74, 6) is -0.503. The van der Waals surface area contributed by atoms with Crippen molar-refractivity contribution in [3.63, 3.8) is 0 Å². The molecule has 0 aliphatic heterocycles. The van der Waals surface area contributed by atoms with Crippen molar-refractivity contribution in [3.05, 3.63) is 58.7 Å². The van der Waals surface area contributed by atoms with Crippen molar-refractivity contribution in [2.24, 2.45) is 5.41 Å². The standard InChI is InChI=1S/C22H30O3/c1-17(8-6-9-18(2)16-21(24)25-15-14-23)11-12-20-19(3)10-7-13-22(20,4)5/h6,8-9,11-12,14,16H,7,10,13,15H2,1-5H3. The van der Waals surface area contributed by atoms with Crippen LogP contribution in [0.2, 0.25) is 0 Å². The minimum atomic E-state index is -0.503. The van der Waals surface area contributed by atoms with Crippen LogP contribution in [0, 0.1) is 5.41 Å². The first-order chi connectivity index (χ1) is 11.8. The average Bonchev–Trinajstić information content (AvgIpc) is 2.51. The highest BCUT2D eigenvalue weighted by atomic mass is 16.5. The second-order valence-corrected chi connectivity index (χ2v) is 7.22. The first-order valence-electron chi connectivity index (χ1n) is 8.78. The van der Waals surface area contributed by atoms with Crippen LogP contribution in [0.3, 0.4) is 0 Å². The van der Waals surface area contributed by atoms with Gasteiger partial charge in [0.05, 0.1) is 0 Å². The lowest BCUT2D eigenvalue weighted by Crippen LogP contribution is -2.19. The zero-order chi connectivity index (χ0) is 18.9. The Hall–Kier alpha value is -2.16. The maximum Gasteiger partial charge on any atom is 0.331 e. The van der Waals surface area contributed by atoms with Gasteiger partial charge in [-0.2, -0.15) is 0 Å². The smallest absolute Gasteiger partial charge is 0.331 e. The summed E-state index contributed by atoms with van der Waals surface area (Å²) < 4.78 is 4.68. The van der Waals surface area contributed by atoms with Crippen LogP contribution in [0.1, 0.15) is 53.9 Å². The van der Waals surface area contributed by atoms with Gasteiger partial charge in [-0.05, 0) is 56.6 Å². The molecule has 25 heavy (non-hydrogen) atoms. The monoisotopic (exact) mass is 342 g/mol. The number of aldehydes is 1. The molecule has 0 atom stereocenters. The van der Waals surface area contributed by atoms with Crippen molar-refractivity contribution in [3.8, 4) is 0 Å². The molecule has 0 saturated heterocycles. The Labute approximate surface area is 151 Å². The summed E-state index contributed by atoms with van der Waals surface area (Å²) in [4.78, 5) is 21.5. The second-order valence-electron chi connectivity index (χ2n) is 7.22. The first kappa shape index (κ1) is 20.9. The van der Waals surface area contributed by atoms with Crippen LogP contribution in [-0.4, -0.2) is 18.9 Å². The Bertz CT molecular complexity index is 640. The fraction of sp³-hybridized carbons (Fsp3) is 0.455. The highest BCUT2D eigenvalue weighted by Crippen LogP contribution is 2.40. The van der Waals surface area contributed by atoms with Crippen LogP contribution in [0.5, 0.6) is 0 Å². The highest BCUT2D eigenvalue weighted by molar-refractivity contribution is 5.84. The third-order valence-corrected chi connectivity index (χ3v) is 4.41. The van der Waals surface area contributed by atoms with Crippen LogP contribution in [-0.2, 0) is 14.3 Å². The Kier molecular flexibility index (Phi) is 8.33. The summed E-state index contributed by atoms with van der Waals surface area (Å²) in [6.07, 6.45) is 15.8. The van der Waals surface area contributed by atoms with Crippen LogP contribution in [0.4, 0.5) is 0 Å². The fourth-order valence-corrected chi connectivity index (χ4v) is 3.02. The lowest BCUT2D eigenvalue weighted by Gasteiger charge is -2.32. The minimum absolute atomic E-state index is 0.207. The molecule has 0 aromatic rings. The van der Waals surface area contributed by atoms with Gasteiger partial charge in [0.15, 0.2) is 6.29 Å². The normalized spacial score (nSPS) is 18.9. The molecular formula is C22H30O3. The summed E-state index contributed by atoms with van der Waals surface area (Å²) in [6.45, 7) is 10.5. The zero-order valence-corrected chi connectivity index (χ0v) is 16.1. The predicted octanol–water partition coefficient (Wildman–Crippen LogP) is 5.26. The van der Waals surface area contributed by atoms with Gasteiger partial charge in [0.25, 0.3) is 0 Å². The molecule has 0 unspecified atom stereocenters. The molecule has 0 fully saturated rings. The van der Waals surface area contributed by atoms with Crippen molar-refractivity contribution in [2.75, 3.05) is 6.61 Å². The lowest BCUT2D eigenvalue weighted by molar-refractivity contribution is -0.140. The quantitative estimate of drug-likeness (QED) is 0.274. The van der Waals surface area contributed by atoms with Gasteiger partial charge in [-0.3, -0.25) is 4.79 Å². The summed E-state index contributed by atoms with van der Waals surface area (Å²) in [5, 5.41) is 0. The molecule has 0 bridgehead atoms. The number of hydrogen-bond donors (Lipinski definition) is 0. The van der Waals surface area contributed by atoms with E-state index in [0.29, 0.717) is 6.29 Å². The summed E-state index contributed by atoms with van der Waals surface area (Å²) in [5.41, 5.74) is 5.11. The van der Waals surface area contributed by atoms with E-state index in [-0.39, 0.29) is 12.0 Å². The van der Waals surface area contributed by atoms with Gasteiger partial charge < -0.3 is 4.74 Å². The highest BCUT2D eigenvalue weighted by Gasteiger charge is 2.26. The third kappa shape index (κ3) is 7.51. The number of ether oxygens (including phenoxy) is 1. The fourth-order valence-electron chi connectivity index (χ4n) is 3.02. The maximum absolute atomic E-state index is 11.4. The molecule has 0 N–H and O–H groups in total. The molecule has 0 aromatic carbocycles. The molecule has 1 rings (SSSR count). The van der Waals surface area contributed by atoms with Crippen molar-refractivity contribution in [2.45, 2.75) is 53.9 Å². The second kappa shape index (κ2) is 9.97. The van der Waals surface area contributed by atoms with Crippen LogP contribution in [0.15, 0.2) is 58.7 Å². The van der Waals surface area contributed by atoms with Crippen LogP contribution in [0.25, 0.3) is 0 Å². The molecule has 0 radical (unpaired) electrons. The molecule has 1 aliphatic rings. The van der Waals surface area contributed by atoms with E-state index in [4.69, 9.17) is 0 Å². The number of allylic oxidation sites excluding steroid dienone is 9. The van der Waals surface area contributed by atoms with Gasteiger partial charge in [-0.15, -0.1) is 0 Å². The van der Waals surface area contributed by atoms with E-state index >= 15 is 0 Å². The Morgan fingerprint density at radius 3 is 2.56 bits per heavy atom. The Morgan fingerprint density at radius 1 is 1.20 bits per heavy atom. The summed E-state index contributed by atoms with van der Waals surface area (Å²) >= 11 is 0. The maximum atomic E-state index is 11.4. The summed E-state index contributed by atoms with van der Waals surface area (Å²) in [7, 11) is 0. The predicted molar refractivity (Wildman–Crippen MR) is 103 cm³/mol. The van der Waals surface area contributed by atoms with E-state index < -0.39 is 5.97 Å². The van der Waals surface area contributed by atoms with Gasteiger partial charge in [-0.1, -0.05) is 55.4 Å². The number of hydrogen-bond acceptors (Lipinski definition) is 3. The number of carbonyl (C=O) groups excluding carboxylic acids is 2. The molecule has 0 saturated carbocycles. The van der Waals surface area contributed by atoms with Gasteiger partial charge >= 0.3 is 5.97 Å². The molecule has 1 aliphatic carbocycles. The van der Waals surface area contributed by atoms with Crippen molar-refractivity contribution in [1.82, 2.24) is 0 Å². The number of carbonyl (C=O) groups is 2. The van der Waals surface area contributed by atoms with E-state index in [0.717, 1.165) is 11.1 Å². The summed E-state index contributed by atoms with van der Waals surface area (Å²) in [6, 6.07) is 0. The van der Waals surface area contributed by atoms with E-state index in [1.165, 1.54) is 36.5 Å². The van der Waals surface area contributed by atoms with Gasteiger partial charge in [0.2, 0.25) is 0 Å². The topological polar surface area (TPSA) is 43.4 Å². The molecular weight excluding hydrogens is 312 g/mol. The number of rotatable bonds is 7. The first-order valence-corrected chi connectivity index (χ1v) is 8.78. The minimum Gasteiger partial charge on any atom is -0.455 e. The van der Waals surface area contributed by atoms with Crippen molar-refractivity contribution >= 4 is 12.3 Å². The van der Waals surface area contributed by atoms with Gasteiger partial charge in [-0.25, -0.2) is 4.79 Å². The molecule has 0 spiro atoms. The third-order valence-electron chi connectivity index (χ3n) is 4.41. The van der Waals surface area contributed by atoms with E-state index in [2.05, 4.69) is 44.6 Å². The lowest BCUT2D eigenvalue weighted by atomic mass is 9.72. The largest absolute Gasteiger partial charge is 0.455 e. The average molecular weight is 342 g/mol. The molecule has 3 heteroatoms. The Morgan fingerprint density at radius 2 is 1.92 bits per heavy atom. The van der Waals surface area contributed by atoms with Gasteiger partial charge in [0, 0.05) is 6.08 Å². The van der Waals surface area contributed by atoms with Gasteiger partial charge in [0.1, 0.15) is 6.61 Å². The van der Waals surface area contributed by atoms with E-state index in [1.807, 2.05) is 25.2 Å². The van der Waals surface area contributed by atoms with E-state index in [1.54, 1.807) is 0 Å². The SMILES string of the molecule is CC(C=CC1=C(C)CCCC1(C)C)=CC=CC(C)=CC(=O)OCC=O. The van der Waals surface area contributed by atoms with Crippen molar-refractivity contribution < 1.29 is 14.3 Å². The van der Waals surface area contributed by atoms with Crippen LogP contribution >= 0.6 is 0 Å². The van der Waals surface area contributed by atoms with E-state index in [9.17, 15) is 9.59 Å².